The van der Waals surface area contributed by atoms with Crippen LogP contribution in [0, 0.1) is 0 Å². The smallest absolute Gasteiger partial charge is 0.230 e. The van der Waals surface area contributed by atoms with Crippen molar-refractivity contribution in [3.05, 3.63) is 42.3 Å². The zero-order valence-electron chi connectivity index (χ0n) is 11.6. The first-order valence-electron chi connectivity index (χ1n) is 7.25. The summed E-state index contributed by atoms with van der Waals surface area (Å²) in [6, 6.07) is 12.2. The van der Waals surface area contributed by atoms with Crippen molar-refractivity contribution in [1.29, 1.82) is 0 Å². The summed E-state index contributed by atoms with van der Waals surface area (Å²) in [5.74, 6) is 1.53. The molecule has 0 spiro atoms. The van der Waals surface area contributed by atoms with Crippen LogP contribution >= 0.6 is 0 Å². The molecule has 0 radical (unpaired) electrons. The molecule has 1 aromatic carbocycles. The fourth-order valence-corrected chi connectivity index (χ4v) is 2.94. The number of rotatable bonds is 2. The number of hydrogen-bond acceptors (Lipinski definition) is 5. The largest absolute Gasteiger partial charge is 0.339 e. The van der Waals surface area contributed by atoms with Crippen LogP contribution in [0.15, 0.2) is 40.9 Å². The highest BCUT2D eigenvalue weighted by Crippen LogP contribution is 2.33. The van der Waals surface area contributed by atoms with Crippen molar-refractivity contribution in [2.24, 2.45) is 5.73 Å². The van der Waals surface area contributed by atoms with Gasteiger partial charge < -0.3 is 10.3 Å². The minimum Gasteiger partial charge on any atom is -0.339 e. The Balaban J connectivity index is 1.67. The maximum absolute atomic E-state index is 5.94. The average molecular weight is 280 g/mol. The van der Waals surface area contributed by atoms with Gasteiger partial charge in [0.1, 0.15) is 5.69 Å². The Morgan fingerprint density at radius 2 is 1.95 bits per heavy atom. The summed E-state index contributed by atoms with van der Waals surface area (Å²) in [4.78, 5) is 9.10. The zero-order valence-corrected chi connectivity index (χ0v) is 11.6. The number of hydrogen-bond donors (Lipinski definition) is 1. The molecule has 2 heterocycles. The number of pyridine rings is 1. The number of para-hydroxylation sites is 1. The van der Waals surface area contributed by atoms with Gasteiger partial charge in [-0.2, -0.15) is 4.98 Å². The highest BCUT2D eigenvalue weighted by atomic mass is 16.5. The molecular weight excluding hydrogens is 264 g/mol. The van der Waals surface area contributed by atoms with E-state index in [4.69, 9.17) is 10.3 Å². The lowest BCUT2D eigenvalue weighted by molar-refractivity contribution is 0.353. The second-order valence-corrected chi connectivity index (χ2v) is 5.62. The minimum absolute atomic E-state index is 0.254. The van der Waals surface area contributed by atoms with Gasteiger partial charge in [0, 0.05) is 17.3 Å². The van der Waals surface area contributed by atoms with Crippen LogP contribution in [0.1, 0.15) is 31.1 Å². The van der Waals surface area contributed by atoms with Gasteiger partial charge in [0.25, 0.3) is 0 Å². The normalized spacial score (nSPS) is 22.0. The van der Waals surface area contributed by atoms with Crippen molar-refractivity contribution in [2.75, 3.05) is 0 Å². The van der Waals surface area contributed by atoms with Crippen molar-refractivity contribution < 1.29 is 4.52 Å². The van der Waals surface area contributed by atoms with Gasteiger partial charge in [-0.15, -0.1) is 0 Å². The molecule has 21 heavy (non-hydrogen) atoms. The molecule has 1 aliphatic carbocycles. The number of fused-ring (bicyclic) bond motifs is 1. The van der Waals surface area contributed by atoms with Crippen molar-refractivity contribution in [3.8, 4) is 11.5 Å². The van der Waals surface area contributed by atoms with E-state index >= 15 is 0 Å². The molecule has 2 aromatic heterocycles. The van der Waals surface area contributed by atoms with Crippen LogP contribution in [0.3, 0.4) is 0 Å². The lowest BCUT2D eigenvalue weighted by atomic mass is 10.1. The highest BCUT2D eigenvalue weighted by molar-refractivity contribution is 5.80. The number of aromatic nitrogens is 3. The van der Waals surface area contributed by atoms with Gasteiger partial charge in [0.05, 0.1) is 5.52 Å². The Morgan fingerprint density at radius 3 is 2.81 bits per heavy atom. The van der Waals surface area contributed by atoms with Crippen LogP contribution in [-0.4, -0.2) is 21.2 Å². The summed E-state index contributed by atoms with van der Waals surface area (Å²) in [5.41, 5.74) is 7.62. The second kappa shape index (κ2) is 4.93. The first kappa shape index (κ1) is 12.5. The van der Waals surface area contributed by atoms with Gasteiger partial charge in [-0.05, 0) is 31.4 Å². The number of benzene rings is 1. The van der Waals surface area contributed by atoms with Gasteiger partial charge in [-0.1, -0.05) is 29.4 Å². The van der Waals surface area contributed by atoms with E-state index < -0.39 is 0 Å². The van der Waals surface area contributed by atoms with Crippen LogP contribution in [0.4, 0.5) is 0 Å². The predicted molar refractivity (Wildman–Crippen MR) is 79.6 cm³/mol. The lowest BCUT2D eigenvalue weighted by Gasteiger charge is -2.01. The molecule has 5 nitrogen and oxygen atoms in total. The Morgan fingerprint density at radius 1 is 1.05 bits per heavy atom. The van der Waals surface area contributed by atoms with Gasteiger partial charge in [0.15, 0.2) is 0 Å². The van der Waals surface area contributed by atoms with Crippen LogP contribution < -0.4 is 5.73 Å². The van der Waals surface area contributed by atoms with E-state index in [0.717, 1.165) is 35.9 Å². The zero-order chi connectivity index (χ0) is 14.2. The summed E-state index contributed by atoms with van der Waals surface area (Å²) in [5, 5.41) is 5.18. The molecule has 2 N–H and O–H groups in total. The topological polar surface area (TPSA) is 77.8 Å². The molecule has 0 saturated heterocycles. The first-order valence-corrected chi connectivity index (χ1v) is 7.25. The van der Waals surface area contributed by atoms with E-state index in [0.29, 0.717) is 17.6 Å². The summed E-state index contributed by atoms with van der Waals surface area (Å²) in [6.07, 6.45) is 2.97. The standard InChI is InChI=1S/C16H16N4O/c17-12-7-5-11(9-12)16-19-15(20-21-16)14-8-6-10-3-1-2-4-13(10)18-14/h1-4,6,8,11-12H,5,7,9,17H2/t11-,12+/m1/s1. The van der Waals surface area contributed by atoms with Crippen molar-refractivity contribution in [3.63, 3.8) is 0 Å². The fourth-order valence-electron chi connectivity index (χ4n) is 2.94. The molecule has 5 heteroatoms. The number of nitrogens with zero attached hydrogens (tertiary/aromatic N) is 3. The Labute approximate surface area is 122 Å². The molecular formula is C16H16N4O. The number of nitrogens with two attached hydrogens (primary N) is 1. The van der Waals surface area contributed by atoms with Gasteiger partial charge in [-0.3, -0.25) is 0 Å². The fraction of sp³-hybridized carbons (Fsp3) is 0.312. The lowest BCUT2D eigenvalue weighted by Crippen LogP contribution is -2.14. The third kappa shape index (κ3) is 2.29. The van der Waals surface area contributed by atoms with Crippen molar-refractivity contribution in [1.82, 2.24) is 15.1 Å². The van der Waals surface area contributed by atoms with Gasteiger partial charge >= 0.3 is 0 Å². The Hall–Kier alpha value is -2.27. The Bertz CT molecular complexity index is 783. The molecule has 2 atom stereocenters. The summed E-state index contributed by atoms with van der Waals surface area (Å²) in [7, 11) is 0. The van der Waals surface area contributed by atoms with Gasteiger partial charge in [0.2, 0.25) is 11.7 Å². The van der Waals surface area contributed by atoms with Crippen LogP contribution in [0.2, 0.25) is 0 Å². The second-order valence-electron chi connectivity index (χ2n) is 5.62. The van der Waals surface area contributed by atoms with Gasteiger partial charge in [-0.25, -0.2) is 4.98 Å². The average Bonchev–Trinajstić information content (AvgIpc) is 3.15. The molecule has 1 fully saturated rings. The van der Waals surface area contributed by atoms with Crippen LogP contribution in [0.5, 0.6) is 0 Å². The minimum atomic E-state index is 0.254. The molecule has 1 aliphatic rings. The molecule has 4 rings (SSSR count). The molecule has 3 aromatic rings. The molecule has 0 aliphatic heterocycles. The summed E-state index contributed by atoms with van der Waals surface area (Å²) >= 11 is 0. The Kier molecular flexibility index (Phi) is 2.93. The van der Waals surface area contributed by atoms with E-state index in [2.05, 4.69) is 15.1 Å². The van der Waals surface area contributed by atoms with E-state index in [1.165, 1.54) is 0 Å². The SMILES string of the molecule is N[C@H]1CC[C@@H](c2nc(-c3ccc4ccccc4n3)no2)C1. The molecule has 0 unspecified atom stereocenters. The van der Waals surface area contributed by atoms with E-state index in [1.54, 1.807) is 0 Å². The van der Waals surface area contributed by atoms with E-state index in [9.17, 15) is 0 Å². The maximum Gasteiger partial charge on any atom is 0.230 e. The van der Waals surface area contributed by atoms with Crippen LogP contribution in [0.25, 0.3) is 22.4 Å². The third-order valence-corrected chi connectivity index (χ3v) is 4.09. The predicted octanol–water partition coefficient (Wildman–Crippen LogP) is 2.88. The molecule has 106 valence electrons. The molecule has 0 bridgehead atoms. The van der Waals surface area contributed by atoms with Crippen molar-refractivity contribution >= 4 is 10.9 Å². The van der Waals surface area contributed by atoms with E-state index in [1.807, 2.05) is 36.4 Å². The summed E-state index contributed by atoms with van der Waals surface area (Å²) in [6.45, 7) is 0. The van der Waals surface area contributed by atoms with Crippen LogP contribution in [-0.2, 0) is 0 Å². The monoisotopic (exact) mass is 280 g/mol. The summed E-state index contributed by atoms with van der Waals surface area (Å²) < 4.78 is 5.41. The highest BCUT2D eigenvalue weighted by Gasteiger charge is 2.28. The maximum atomic E-state index is 5.94. The van der Waals surface area contributed by atoms with Crippen molar-refractivity contribution in [2.45, 2.75) is 31.2 Å². The quantitative estimate of drug-likeness (QED) is 0.781. The molecule has 0 amide bonds. The molecule has 1 saturated carbocycles. The first-order chi connectivity index (χ1) is 10.3. The third-order valence-electron chi connectivity index (χ3n) is 4.09. The van der Waals surface area contributed by atoms with E-state index in [-0.39, 0.29) is 6.04 Å².